The average Bonchev–Trinajstić information content (AvgIpc) is 2.77. The van der Waals surface area contributed by atoms with Gasteiger partial charge in [-0.05, 0) is 36.4 Å². The SMILES string of the molecule is CC(C)C(CNCc1cnn2ccccc12)C(C)C. The minimum atomic E-state index is 0.719. The molecule has 0 atom stereocenters. The number of pyridine rings is 1. The summed E-state index contributed by atoms with van der Waals surface area (Å²) < 4.78 is 1.93. The molecule has 2 heterocycles. The highest BCUT2D eigenvalue weighted by atomic mass is 15.2. The third kappa shape index (κ3) is 3.35. The summed E-state index contributed by atoms with van der Waals surface area (Å²) in [7, 11) is 0. The van der Waals surface area contributed by atoms with E-state index in [0.29, 0.717) is 0 Å². The van der Waals surface area contributed by atoms with Crippen molar-refractivity contribution in [2.24, 2.45) is 17.8 Å². The van der Waals surface area contributed by atoms with E-state index >= 15 is 0 Å². The van der Waals surface area contributed by atoms with Gasteiger partial charge in [0.15, 0.2) is 0 Å². The number of hydrogen-bond donors (Lipinski definition) is 1. The van der Waals surface area contributed by atoms with Crippen molar-refractivity contribution in [3.8, 4) is 0 Å². The van der Waals surface area contributed by atoms with Crippen LogP contribution in [0.5, 0.6) is 0 Å². The van der Waals surface area contributed by atoms with E-state index in [9.17, 15) is 0 Å². The van der Waals surface area contributed by atoms with E-state index in [1.165, 1.54) is 11.1 Å². The van der Waals surface area contributed by atoms with Gasteiger partial charge in [-0.1, -0.05) is 33.8 Å². The molecule has 1 N–H and O–H groups in total. The molecule has 3 heteroatoms. The monoisotopic (exact) mass is 259 g/mol. The Hall–Kier alpha value is -1.35. The lowest BCUT2D eigenvalue weighted by Gasteiger charge is -2.25. The molecule has 2 aromatic rings. The van der Waals surface area contributed by atoms with Gasteiger partial charge in [0.2, 0.25) is 0 Å². The molecule has 0 amide bonds. The smallest absolute Gasteiger partial charge is 0.0706 e. The Kier molecular flexibility index (Phi) is 4.59. The van der Waals surface area contributed by atoms with Gasteiger partial charge in [-0.3, -0.25) is 0 Å². The predicted molar refractivity (Wildman–Crippen MR) is 80.1 cm³/mol. The molecule has 0 radical (unpaired) electrons. The lowest BCUT2D eigenvalue weighted by atomic mass is 9.85. The van der Waals surface area contributed by atoms with Crippen LogP contribution in [0.25, 0.3) is 5.52 Å². The highest BCUT2D eigenvalue weighted by molar-refractivity contribution is 5.53. The summed E-state index contributed by atoms with van der Waals surface area (Å²) in [5.41, 5.74) is 2.47. The topological polar surface area (TPSA) is 29.3 Å². The van der Waals surface area contributed by atoms with E-state index in [1.54, 1.807) is 0 Å². The lowest BCUT2D eigenvalue weighted by molar-refractivity contribution is 0.275. The number of hydrogen-bond acceptors (Lipinski definition) is 2. The summed E-state index contributed by atoms with van der Waals surface area (Å²) in [4.78, 5) is 0. The summed E-state index contributed by atoms with van der Waals surface area (Å²) in [6, 6.07) is 6.18. The van der Waals surface area contributed by atoms with Gasteiger partial charge in [0.1, 0.15) is 0 Å². The molecule has 0 spiro atoms. The Balaban J connectivity index is 1.95. The first-order chi connectivity index (χ1) is 9.09. The molecule has 19 heavy (non-hydrogen) atoms. The van der Waals surface area contributed by atoms with Crippen molar-refractivity contribution >= 4 is 5.52 Å². The largest absolute Gasteiger partial charge is 0.312 e. The van der Waals surface area contributed by atoms with Crippen molar-refractivity contribution < 1.29 is 0 Å². The molecule has 0 aliphatic heterocycles. The number of aromatic nitrogens is 2. The Morgan fingerprint density at radius 1 is 1.16 bits per heavy atom. The second-order valence-electron chi connectivity index (χ2n) is 5.98. The molecule has 0 saturated heterocycles. The molecular weight excluding hydrogens is 234 g/mol. The molecular formula is C16H25N3. The van der Waals surface area contributed by atoms with Crippen molar-refractivity contribution in [3.05, 3.63) is 36.2 Å². The second-order valence-corrected chi connectivity index (χ2v) is 5.98. The molecule has 0 bridgehead atoms. The molecule has 3 nitrogen and oxygen atoms in total. The first-order valence-electron chi connectivity index (χ1n) is 7.21. The van der Waals surface area contributed by atoms with Crippen LogP contribution in [0.3, 0.4) is 0 Å². The van der Waals surface area contributed by atoms with Crippen LogP contribution in [0.4, 0.5) is 0 Å². The number of rotatable bonds is 6. The van der Waals surface area contributed by atoms with E-state index in [-0.39, 0.29) is 0 Å². The quantitative estimate of drug-likeness (QED) is 0.862. The molecule has 104 valence electrons. The number of fused-ring (bicyclic) bond motifs is 1. The second kappa shape index (κ2) is 6.20. The van der Waals surface area contributed by atoms with Crippen LogP contribution in [0.2, 0.25) is 0 Å². The summed E-state index contributed by atoms with van der Waals surface area (Å²) in [6.07, 6.45) is 3.95. The summed E-state index contributed by atoms with van der Waals surface area (Å²) in [5, 5.41) is 7.95. The van der Waals surface area contributed by atoms with Gasteiger partial charge in [-0.2, -0.15) is 5.10 Å². The maximum atomic E-state index is 4.36. The number of nitrogens with zero attached hydrogens (tertiary/aromatic N) is 2. The third-order valence-electron chi connectivity index (χ3n) is 3.91. The van der Waals surface area contributed by atoms with E-state index in [0.717, 1.165) is 30.8 Å². The summed E-state index contributed by atoms with van der Waals surface area (Å²) in [6.45, 7) is 11.2. The molecule has 0 aliphatic carbocycles. The lowest BCUT2D eigenvalue weighted by Crippen LogP contribution is -2.29. The van der Waals surface area contributed by atoms with Crippen molar-refractivity contribution in [2.45, 2.75) is 34.2 Å². The fraction of sp³-hybridized carbons (Fsp3) is 0.562. The summed E-state index contributed by atoms with van der Waals surface area (Å²) >= 11 is 0. The van der Waals surface area contributed by atoms with E-state index in [4.69, 9.17) is 0 Å². The fourth-order valence-corrected chi connectivity index (χ4v) is 2.74. The van der Waals surface area contributed by atoms with Gasteiger partial charge in [0.25, 0.3) is 0 Å². The number of nitrogens with one attached hydrogen (secondary N) is 1. The van der Waals surface area contributed by atoms with Crippen LogP contribution in [-0.4, -0.2) is 16.2 Å². The Labute approximate surface area is 116 Å². The standard InChI is InChI=1S/C16H25N3/c1-12(2)15(13(3)4)11-17-9-14-10-18-19-8-6-5-7-16(14)19/h5-8,10,12-13,15,17H,9,11H2,1-4H3. The molecule has 0 fully saturated rings. The normalized spacial score (nSPS) is 12.2. The summed E-state index contributed by atoms with van der Waals surface area (Å²) in [5.74, 6) is 2.16. The molecule has 0 aromatic carbocycles. The predicted octanol–water partition coefficient (Wildman–Crippen LogP) is 3.35. The minimum absolute atomic E-state index is 0.719. The molecule has 0 saturated carbocycles. The Morgan fingerprint density at radius 2 is 1.89 bits per heavy atom. The highest BCUT2D eigenvalue weighted by Gasteiger charge is 2.16. The first-order valence-corrected chi connectivity index (χ1v) is 7.21. The van der Waals surface area contributed by atoms with Crippen LogP contribution in [-0.2, 0) is 6.54 Å². The van der Waals surface area contributed by atoms with E-state index in [2.05, 4.69) is 50.2 Å². The van der Waals surface area contributed by atoms with Crippen molar-refractivity contribution in [3.63, 3.8) is 0 Å². The first kappa shape index (κ1) is 14.1. The minimum Gasteiger partial charge on any atom is -0.312 e. The fourth-order valence-electron chi connectivity index (χ4n) is 2.74. The van der Waals surface area contributed by atoms with Crippen LogP contribution < -0.4 is 5.32 Å². The average molecular weight is 259 g/mol. The van der Waals surface area contributed by atoms with Crippen molar-refractivity contribution in [1.29, 1.82) is 0 Å². The zero-order chi connectivity index (χ0) is 13.8. The van der Waals surface area contributed by atoms with Crippen LogP contribution in [0.15, 0.2) is 30.6 Å². The van der Waals surface area contributed by atoms with Crippen LogP contribution in [0.1, 0.15) is 33.3 Å². The van der Waals surface area contributed by atoms with Gasteiger partial charge >= 0.3 is 0 Å². The Bertz CT molecular complexity index is 505. The maximum absolute atomic E-state index is 4.36. The Morgan fingerprint density at radius 3 is 2.58 bits per heavy atom. The molecule has 2 rings (SSSR count). The zero-order valence-corrected chi connectivity index (χ0v) is 12.4. The maximum Gasteiger partial charge on any atom is 0.0706 e. The molecule has 0 unspecified atom stereocenters. The van der Waals surface area contributed by atoms with E-state index in [1.807, 2.05) is 23.0 Å². The van der Waals surface area contributed by atoms with Crippen molar-refractivity contribution in [1.82, 2.24) is 14.9 Å². The molecule has 2 aromatic heterocycles. The van der Waals surface area contributed by atoms with Gasteiger partial charge in [0.05, 0.1) is 11.7 Å². The third-order valence-corrected chi connectivity index (χ3v) is 3.91. The zero-order valence-electron chi connectivity index (χ0n) is 12.4. The van der Waals surface area contributed by atoms with Crippen molar-refractivity contribution in [2.75, 3.05) is 6.54 Å². The van der Waals surface area contributed by atoms with Gasteiger partial charge < -0.3 is 5.32 Å². The van der Waals surface area contributed by atoms with E-state index < -0.39 is 0 Å². The van der Waals surface area contributed by atoms with Gasteiger partial charge in [0, 0.05) is 18.3 Å². The molecule has 0 aliphatic rings. The van der Waals surface area contributed by atoms with Gasteiger partial charge in [-0.15, -0.1) is 0 Å². The van der Waals surface area contributed by atoms with Crippen LogP contribution >= 0.6 is 0 Å². The van der Waals surface area contributed by atoms with Crippen LogP contribution in [0, 0.1) is 17.8 Å². The van der Waals surface area contributed by atoms with Gasteiger partial charge in [-0.25, -0.2) is 4.52 Å². The highest BCUT2D eigenvalue weighted by Crippen LogP contribution is 2.19.